The minimum atomic E-state index is -3.64. The van der Waals surface area contributed by atoms with Crippen LogP contribution in [0.1, 0.15) is 43.4 Å². The summed E-state index contributed by atoms with van der Waals surface area (Å²) in [6.07, 6.45) is 3.22. The zero-order valence-electron chi connectivity index (χ0n) is 18.6. The van der Waals surface area contributed by atoms with Gasteiger partial charge in [-0.3, -0.25) is 4.79 Å². The Balaban J connectivity index is 1.66. The smallest absolute Gasteiger partial charge is 0.243 e. The van der Waals surface area contributed by atoms with Gasteiger partial charge in [-0.15, -0.1) is 0 Å². The van der Waals surface area contributed by atoms with Gasteiger partial charge in [0.05, 0.1) is 17.9 Å². The number of aryl methyl sites for hydroxylation is 2. The van der Waals surface area contributed by atoms with Crippen LogP contribution in [0, 0.1) is 5.92 Å². The highest BCUT2D eigenvalue weighted by Crippen LogP contribution is 2.25. The van der Waals surface area contributed by atoms with Gasteiger partial charge in [0.2, 0.25) is 15.9 Å². The quantitative estimate of drug-likeness (QED) is 0.676. The van der Waals surface area contributed by atoms with E-state index in [9.17, 15) is 13.2 Å². The molecule has 0 aliphatic carbocycles. The number of amides is 1. The van der Waals surface area contributed by atoms with Crippen LogP contribution in [0.3, 0.4) is 0 Å². The van der Waals surface area contributed by atoms with Gasteiger partial charge in [0.25, 0.3) is 0 Å². The number of methoxy groups -OCH3 is 1. The summed E-state index contributed by atoms with van der Waals surface area (Å²) in [6.45, 7) is 5.32. The van der Waals surface area contributed by atoms with Gasteiger partial charge in [-0.25, -0.2) is 8.42 Å². The van der Waals surface area contributed by atoms with Crippen LogP contribution < -0.4 is 10.1 Å². The third kappa shape index (κ3) is 5.46. The molecule has 0 spiro atoms. The molecule has 168 valence electrons. The van der Waals surface area contributed by atoms with Crippen molar-refractivity contribution in [3.8, 4) is 5.75 Å². The van der Waals surface area contributed by atoms with Crippen molar-refractivity contribution in [3.63, 3.8) is 0 Å². The largest absolute Gasteiger partial charge is 0.497 e. The maximum Gasteiger partial charge on any atom is 0.243 e. The minimum Gasteiger partial charge on any atom is -0.497 e. The summed E-state index contributed by atoms with van der Waals surface area (Å²) >= 11 is 0. The van der Waals surface area contributed by atoms with Crippen LogP contribution in [0.4, 0.5) is 0 Å². The molecule has 2 aromatic carbocycles. The molecule has 1 atom stereocenters. The average molecular weight is 445 g/mol. The van der Waals surface area contributed by atoms with Gasteiger partial charge >= 0.3 is 0 Å². The number of rotatable bonds is 8. The van der Waals surface area contributed by atoms with Crippen molar-refractivity contribution in [1.29, 1.82) is 0 Å². The number of hydrogen-bond acceptors (Lipinski definition) is 4. The summed E-state index contributed by atoms with van der Waals surface area (Å²) in [6, 6.07) is 12.8. The predicted octanol–water partition coefficient (Wildman–Crippen LogP) is 3.54. The summed E-state index contributed by atoms with van der Waals surface area (Å²) in [4.78, 5) is 13.1. The molecule has 1 aliphatic rings. The molecule has 2 aromatic rings. The summed E-state index contributed by atoms with van der Waals surface area (Å²) < 4.78 is 32.6. The average Bonchev–Trinajstić information content (AvgIpc) is 2.82. The molecular formula is C24H32N2O4S. The Labute approximate surface area is 185 Å². The van der Waals surface area contributed by atoms with E-state index < -0.39 is 10.0 Å². The second-order valence-electron chi connectivity index (χ2n) is 7.91. The Kier molecular flexibility index (Phi) is 7.73. The monoisotopic (exact) mass is 444 g/mol. The zero-order chi connectivity index (χ0) is 22.4. The number of sulfonamides is 1. The molecule has 3 rings (SSSR count). The van der Waals surface area contributed by atoms with Crippen molar-refractivity contribution in [2.24, 2.45) is 5.92 Å². The Morgan fingerprint density at radius 2 is 1.84 bits per heavy atom. The lowest BCUT2D eigenvalue weighted by atomic mass is 9.97. The molecule has 1 amide bonds. The third-order valence-electron chi connectivity index (χ3n) is 5.97. The molecule has 1 heterocycles. The van der Waals surface area contributed by atoms with E-state index in [0.717, 1.165) is 18.4 Å². The number of benzene rings is 2. The topological polar surface area (TPSA) is 75.7 Å². The molecule has 1 N–H and O–H groups in total. The van der Waals surface area contributed by atoms with Crippen molar-refractivity contribution in [2.45, 2.75) is 51.0 Å². The number of piperidine rings is 1. The highest BCUT2D eigenvalue weighted by Gasteiger charge is 2.33. The fourth-order valence-electron chi connectivity index (χ4n) is 4.01. The first kappa shape index (κ1) is 23.3. The van der Waals surface area contributed by atoms with Gasteiger partial charge in [0, 0.05) is 19.6 Å². The van der Waals surface area contributed by atoms with Crippen LogP contribution in [0.5, 0.6) is 5.75 Å². The van der Waals surface area contributed by atoms with Gasteiger partial charge in [-0.2, -0.15) is 4.31 Å². The fourth-order valence-corrected chi connectivity index (χ4v) is 5.53. The van der Waals surface area contributed by atoms with Crippen molar-refractivity contribution < 1.29 is 17.9 Å². The Morgan fingerprint density at radius 1 is 1.10 bits per heavy atom. The first-order valence-corrected chi connectivity index (χ1v) is 12.4. The molecular weight excluding hydrogens is 412 g/mol. The van der Waals surface area contributed by atoms with E-state index in [1.54, 1.807) is 31.4 Å². The lowest BCUT2D eigenvalue weighted by Gasteiger charge is -2.31. The molecule has 1 saturated heterocycles. The van der Waals surface area contributed by atoms with Crippen LogP contribution >= 0.6 is 0 Å². The second kappa shape index (κ2) is 10.3. The predicted molar refractivity (Wildman–Crippen MR) is 122 cm³/mol. The van der Waals surface area contributed by atoms with Crippen molar-refractivity contribution >= 4 is 15.9 Å². The van der Waals surface area contributed by atoms with E-state index >= 15 is 0 Å². The first-order valence-electron chi connectivity index (χ1n) is 10.9. The van der Waals surface area contributed by atoms with E-state index in [4.69, 9.17) is 4.74 Å². The molecule has 1 fully saturated rings. The lowest BCUT2D eigenvalue weighted by Crippen LogP contribution is -2.45. The first-order chi connectivity index (χ1) is 14.9. The third-order valence-corrected chi connectivity index (χ3v) is 7.84. The van der Waals surface area contributed by atoms with Gasteiger partial charge in [0.1, 0.15) is 5.75 Å². The highest BCUT2D eigenvalue weighted by molar-refractivity contribution is 7.89. The van der Waals surface area contributed by atoms with Crippen LogP contribution in [0.25, 0.3) is 0 Å². The maximum atomic E-state index is 13.0. The van der Waals surface area contributed by atoms with Crippen LogP contribution in [0.2, 0.25) is 0 Å². The number of hydrogen-bond donors (Lipinski definition) is 1. The number of nitrogens with one attached hydrogen (secondary N) is 1. The molecule has 31 heavy (non-hydrogen) atoms. The number of carbonyl (C=O) groups is 1. The molecule has 1 aliphatic heterocycles. The Morgan fingerprint density at radius 3 is 2.48 bits per heavy atom. The maximum absolute atomic E-state index is 13.0. The van der Waals surface area contributed by atoms with Gasteiger partial charge in [0.15, 0.2) is 0 Å². The van der Waals surface area contributed by atoms with Crippen molar-refractivity contribution in [2.75, 3.05) is 20.2 Å². The summed E-state index contributed by atoms with van der Waals surface area (Å²) in [5, 5.41) is 3.04. The SMILES string of the molecule is CCc1ccc(CC)c(CNC(=O)[C@@H]2CCCN(S(=O)(=O)c3ccc(OC)cc3)C2)c1. The fraction of sp³-hybridized carbons (Fsp3) is 0.458. The van der Waals surface area contributed by atoms with Crippen molar-refractivity contribution in [3.05, 3.63) is 59.2 Å². The van der Waals surface area contributed by atoms with Gasteiger partial charge in [-0.1, -0.05) is 32.0 Å². The summed E-state index contributed by atoms with van der Waals surface area (Å²) in [5.41, 5.74) is 3.61. The van der Waals surface area contributed by atoms with E-state index in [2.05, 4.69) is 37.4 Å². The highest BCUT2D eigenvalue weighted by atomic mass is 32.2. The minimum absolute atomic E-state index is 0.0846. The van der Waals surface area contributed by atoms with Gasteiger partial charge in [-0.05, 0) is 66.6 Å². The molecule has 0 saturated carbocycles. The molecule has 0 aromatic heterocycles. The Bertz CT molecular complexity index is 1000. The Hall–Kier alpha value is -2.38. The van der Waals surface area contributed by atoms with E-state index in [-0.39, 0.29) is 23.3 Å². The number of nitrogens with zero attached hydrogens (tertiary/aromatic N) is 1. The van der Waals surface area contributed by atoms with Crippen LogP contribution in [-0.2, 0) is 34.2 Å². The molecule has 0 radical (unpaired) electrons. The van der Waals surface area contributed by atoms with Crippen molar-refractivity contribution in [1.82, 2.24) is 9.62 Å². The lowest BCUT2D eigenvalue weighted by molar-refractivity contribution is -0.126. The van der Waals surface area contributed by atoms with E-state index in [1.165, 1.54) is 15.4 Å². The van der Waals surface area contributed by atoms with Crippen LogP contribution in [0.15, 0.2) is 47.4 Å². The number of carbonyl (C=O) groups excluding carboxylic acids is 1. The second-order valence-corrected chi connectivity index (χ2v) is 9.84. The van der Waals surface area contributed by atoms with E-state index in [0.29, 0.717) is 31.7 Å². The molecule has 0 bridgehead atoms. The normalized spacial score (nSPS) is 17.3. The van der Waals surface area contributed by atoms with Gasteiger partial charge < -0.3 is 10.1 Å². The standard InChI is InChI=1S/C24H32N2O4S/c1-4-18-8-9-19(5-2)21(15-18)16-25-24(27)20-7-6-14-26(17-20)31(28,29)23-12-10-22(30-3)11-13-23/h8-13,15,20H,4-7,14,16-17H2,1-3H3,(H,25,27)/t20-/m1/s1. The molecule has 6 nitrogen and oxygen atoms in total. The molecule has 0 unspecified atom stereocenters. The van der Waals surface area contributed by atoms with E-state index in [1.807, 2.05) is 0 Å². The van der Waals surface area contributed by atoms with Crippen LogP contribution in [-0.4, -0.2) is 38.8 Å². The summed E-state index contributed by atoms with van der Waals surface area (Å²) in [5.74, 6) is 0.174. The molecule has 7 heteroatoms. The summed E-state index contributed by atoms with van der Waals surface area (Å²) in [7, 11) is -2.10. The zero-order valence-corrected chi connectivity index (χ0v) is 19.4. The number of ether oxygens (including phenoxy) is 1.